The average molecular weight is 735 g/mol. The van der Waals surface area contributed by atoms with Crippen LogP contribution >= 0.6 is 7.82 Å². The molecule has 290 valence electrons. The smallest absolute Gasteiger partial charge is 0.462 e. The van der Waals surface area contributed by atoms with Crippen molar-refractivity contribution in [1.82, 2.24) is 0 Å². The number of allylic oxidation sites excluding steroid dienone is 11. The molecule has 0 bridgehead atoms. The summed E-state index contributed by atoms with van der Waals surface area (Å²) < 4.78 is 32.0. The lowest BCUT2D eigenvalue weighted by molar-refractivity contribution is -0.161. The molecule has 1 saturated heterocycles. The summed E-state index contributed by atoms with van der Waals surface area (Å²) in [7, 11) is -4.78. The Bertz CT molecular complexity index is 1120. The number of ether oxygens (including phenoxy) is 3. The van der Waals surface area contributed by atoms with Gasteiger partial charge in [0.05, 0.1) is 18.8 Å². The maximum absolute atomic E-state index is 12.4. The summed E-state index contributed by atoms with van der Waals surface area (Å²) in [6.45, 7) is 3.46. The van der Waals surface area contributed by atoms with Crippen LogP contribution in [0.1, 0.15) is 142 Å². The van der Waals surface area contributed by atoms with E-state index in [9.17, 15) is 14.2 Å². The molecule has 1 rings (SSSR count). The van der Waals surface area contributed by atoms with E-state index in [2.05, 4.69) is 79.1 Å². The van der Waals surface area contributed by atoms with Crippen molar-refractivity contribution in [3.05, 3.63) is 72.9 Å². The summed E-state index contributed by atoms with van der Waals surface area (Å²) in [5.74, 6) is -0.983. The summed E-state index contributed by atoms with van der Waals surface area (Å²) >= 11 is 0. The number of phosphoric ester groups is 1. The summed E-state index contributed by atoms with van der Waals surface area (Å²) in [4.78, 5) is 42.7. The first-order chi connectivity index (χ1) is 24.7. The Labute approximate surface area is 308 Å². The van der Waals surface area contributed by atoms with E-state index in [4.69, 9.17) is 24.0 Å². The van der Waals surface area contributed by atoms with E-state index in [1.54, 1.807) is 0 Å². The quantitative estimate of drug-likeness (QED) is 0.0222. The lowest BCUT2D eigenvalue weighted by atomic mass is 10.1. The summed E-state index contributed by atoms with van der Waals surface area (Å²) in [6.07, 6.45) is 43.7. The van der Waals surface area contributed by atoms with Crippen molar-refractivity contribution in [2.45, 2.75) is 161 Å². The lowest BCUT2D eigenvalue weighted by Gasteiger charge is -2.18. The monoisotopic (exact) mass is 734 g/mol. The number of phosphoric acid groups is 1. The third-order valence-corrected chi connectivity index (χ3v) is 8.62. The van der Waals surface area contributed by atoms with Crippen LogP contribution in [0, 0.1) is 0 Å². The number of carbonyl (C=O) groups is 2. The zero-order valence-electron chi connectivity index (χ0n) is 31.4. The Balaban J connectivity index is 2.14. The van der Waals surface area contributed by atoms with Gasteiger partial charge in [0.25, 0.3) is 0 Å². The maximum Gasteiger partial charge on any atom is 0.469 e. The van der Waals surface area contributed by atoms with Crippen LogP contribution in [-0.4, -0.2) is 53.3 Å². The SMILES string of the molecule is CC/C=C\C/C=C\C/C=C\C/C=C\C/C=C\CCCC(=O)O[C@H](COC(=O)CCCCCCC/C=C\CC1OC1CCCCC)COP(=O)(O)O. The normalized spacial score (nSPS) is 17.3. The molecule has 1 aliphatic rings. The Morgan fingerprint density at radius 1 is 0.647 bits per heavy atom. The fraction of sp³-hybridized carbons (Fsp3) is 0.659. The molecule has 0 aromatic carbocycles. The Hall–Kier alpha value is -2.55. The molecule has 0 saturated carbocycles. The summed E-state index contributed by atoms with van der Waals surface area (Å²) in [6, 6.07) is 0. The van der Waals surface area contributed by atoms with Crippen molar-refractivity contribution < 1.29 is 42.7 Å². The van der Waals surface area contributed by atoms with Crippen LogP contribution in [0.15, 0.2) is 72.9 Å². The first kappa shape index (κ1) is 46.5. The van der Waals surface area contributed by atoms with E-state index in [0.29, 0.717) is 31.5 Å². The molecular weight excluding hydrogens is 667 g/mol. The van der Waals surface area contributed by atoms with Crippen molar-refractivity contribution in [3.8, 4) is 0 Å². The number of unbranched alkanes of at least 4 members (excludes halogenated alkanes) is 8. The zero-order valence-corrected chi connectivity index (χ0v) is 32.3. The molecule has 9 nitrogen and oxygen atoms in total. The Morgan fingerprint density at radius 3 is 1.86 bits per heavy atom. The molecule has 0 aliphatic carbocycles. The molecule has 0 amide bonds. The molecule has 10 heteroatoms. The number of epoxide rings is 1. The number of hydrogen-bond acceptors (Lipinski definition) is 7. The minimum atomic E-state index is -4.78. The highest BCUT2D eigenvalue weighted by molar-refractivity contribution is 7.46. The fourth-order valence-corrected chi connectivity index (χ4v) is 5.54. The number of esters is 2. The Kier molecular flexibility index (Phi) is 29.3. The van der Waals surface area contributed by atoms with Gasteiger partial charge >= 0.3 is 19.8 Å². The lowest BCUT2D eigenvalue weighted by Crippen LogP contribution is -2.29. The van der Waals surface area contributed by atoms with Crippen molar-refractivity contribution >= 4 is 19.8 Å². The highest BCUT2D eigenvalue weighted by Gasteiger charge is 2.36. The van der Waals surface area contributed by atoms with Crippen LogP contribution in [-0.2, 0) is 32.9 Å². The van der Waals surface area contributed by atoms with Crippen molar-refractivity contribution in [2.75, 3.05) is 13.2 Å². The van der Waals surface area contributed by atoms with E-state index < -0.39 is 32.5 Å². The third kappa shape index (κ3) is 31.9. The second kappa shape index (κ2) is 32.1. The maximum atomic E-state index is 12.4. The topological polar surface area (TPSA) is 132 Å². The molecule has 51 heavy (non-hydrogen) atoms. The van der Waals surface area contributed by atoms with E-state index >= 15 is 0 Å². The van der Waals surface area contributed by atoms with E-state index in [-0.39, 0.29) is 19.4 Å². The van der Waals surface area contributed by atoms with Crippen LogP contribution in [0.3, 0.4) is 0 Å². The minimum absolute atomic E-state index is 0.124. The van der Waals surface area contributed by atoms with Crippen molar-refractivity contribution in [3.63, 3.8) is 0 Å². The largest absolute Gasteiger partial charge is 0.469 e. The van der Waals surface area contributed by atoms with E-state index in [1.807, 2.05) is 12.2 Å². The van der Waals surface area contributed by atoms with Gasteiger partial charge in [-0.1, -0.05) is 125 Å². The molecule has 0 aromatic rings. The highest BCUT2D eigenvalue weighted by atomic mass is 31.2. The zero-order chi connectivity index (χ0) is 37.3. The van der Waals surface area contributed by atoms with Gasteiger partial charge in [0.2, 0.25) is 0 Å². The number of carbonyl (C=O) groups excluding carboxylic acids is 2. The molecule has 3 atom stereocenters. The Morgan fingerprint density at radius 2 is 1.22 bits per heavy atom. The van der Waals surface area contributed by atoms with Gasteiger partial charge in [-0.25, -0.2) is 4.57 Å². The second-order valence-corrected chi connectivity index (χ2v) is 14.1. The van der Waals surface area contributed by atoms with Crippen molar-refractivity contribution in [1.29, 1.82) is 0 Å². The van der Waals surface area contributed by atoms with Crippen molar-refractivity contribution in [2.24, 2.45) is 0 Å². The minimum Gasteiger partial charge on any atom is -0.462 e. The van der Waals surface area contributed by atoms with Gasteiger partial charge < -0.3 is 24.0 Å². The number of hydrogen-bond donors (Lipinski definition) is 2. The standard InChI is InChI=1S/C41H67O9P/c1-3-5-7-8-9-10-11-12-13-14-15-16-17-18-23-26-30-34-41(43)49-37(36-48-51(44,45)46)35-47-40(42)33-29-25-22-20-19-21-24-28-32-39-38(50-39)31-27-6-4-2/h5,7,9-10,12-13,15-16,18,23-24,28,37-39H,3-4,6,8,11,14,17,19-22,25-27,29-36H2,1-2H3,(H2,44,45,46)/b7-5-,10-9-,13-12-,16-15-,23-18-,28-24-/t37-,38?,39?/m1/s1. The average Bonchev–Trinajstić information content (AvgIpc) is 3.85. The molecule has 1 fully saturated rings. The van der Waals surface area contributed by atoms with Gasteiger partial charge in [-0.2, -0.15) is 0 Å². The first-order valence-electron chi connectivity index (χ1n) is 19.4. The van der Waals surface area contributed by atoms with E-state index in [0.717, 1.165) is 70.6 Å². The molecular formula is C41H67O9P. The van der Waals surface area contributed by atoms with Crippen LogP contribution < -0.4 is 0 Å². The fourth-order valence-electron chi connectivity index (χ4n) is 5.18. The molecule has 0 spiro atoms. The predicted octanol–water partition coefficient (Wildman–Crippen LogP) is 10.5. The van der Waals surface area contributed by atoms with Gasteiger partial charge in [-0.05, 0) is 77.0 Å². The van der Waals surface area contributed by atoms with Gasteiger partial charge in [0, 0.05) is 12.8 Å². The molecule has 1 heterocycles. The van der Waals surface area contributed by atoms with Crippen LogP contribution in [0.25, 0.3) is 0 Å². The van der Waals surface area contributed by atoms with E-state index in [1.165, 1.54) is 25.7 Å². The van der Waals surface area contributed by atoms with Gasteiger partial charge in [-0.3, -0.25) is 14.1 Å². The highest BCUT2D eigenvalue weighted by Crippen LogP contribution is 2.36. The van der Waals surface area contributed by atoms with Gasteiger partial charge in [0.15, 0.2) is 6.10 Å². The second-order valence-electron chi connectivity index (χ2n) is 12.9. The molecule has 2 unspecified atom stereocenters. The van der Waals surface area contributed by atoms with Crippen LogP contribution in [0.2, 0.25) is 0 Å². The van der Waals surface area contributed by atoms with Crippen LogP contribution in [0.5, 0.6) is 0 Å². The summed E-state index contributed by atoms with van der Waals surface area (Å²) in [5, 5.41) is 0. The predicted molar refractivity (Wildman–Crippen MR) is 206 cm³/mol. The van der Waals surface area contributed by atoms with Crippen LogP contribution in [0.4, 0.5) is 0 Å². The first-order valence-corrected chi connectivity index (χ1v) is 20.9. The molecule has 2 N–H and O–H groups in total. The molecule has 0 radical (unpaired) electrons. The van der Waals surface area contributed by atoms with Gasteiger partial charge in [0.1, 0.15) is 6.61 Å². The molecule has 0 aromatic heterocycles. The summed E-state index contributed by atoms with van der Waals surface area (Å²) in [5.41, 5.74) is 0. The van der Waals surface area contributed by atoms with Gasteiger partial charge in [-0.15, -0.1) is 0 Å². The number of rotatable bonds is 33. The third-order valence-electron chi connectivity index (χ3n) is 8.13. The molecule has 1 aliphatic heterocycles.